The van der Waals surface area contributed by atoms with Crippen molar-refractivity contribution in [2.45, 2.75) is 45.1 Å². The lowest BCUT2D eigenvalue weighted by Crippen LogP contribution is -2.21. The summed E-state index contributed by atoms with van der Waals surface area (Å²) in [7, 11) is 0. The SMILES string of the molecule is CCCCC(C)c1ccc(OCC(O)CO)c(C#N)c1. The van der Waals surface area contributed by atoms with E-state index in [1.54, 1.807) is 6.07 Å². The van der Waals surface area contributed by atoms with Gasteiger partial charge in [0, 0.05) is 0 Å². The van der Waals surface area contributed by atoms with Crippen LogP contribution >= 0.6 is 0 Å². The number of nitriles is 1. The summed E-state index contributed by atoms with van der Waals surface area (Å²) < 4.78 is 5.36. The number of nitrogens with zero attached hydrogens (tertiary/aromatic N) is 1. The fourth-order valence-electron chi connectivity index (χ4n) is 1.98. The quantitative estimate of drug-likeness (QED) is 0.766. The van der Waals surface area contributed by atoms with E-state index in [-0.39, 0.29) is 13.2 Å². The number of hydrogen-bond acceptors (Lipinski definition) is 4. The molecular weight excluding hydrogens is 254 g/mol. The van der Waals surface area contributed by atoms with E-state index < -0.39 is 6.10 Å². The smallest absolute Gasteiger partial charge is 0.137 e. The van der Waals surface area contributed by atoms with E-state index in [9.17, 15) is 10.4 Å². The molecule has 4 heteroatoms. The molecule has 0 aliphatic rings. The highest BCUT2D eigenvalue weighted by molar-refractivity contribution is 5.46. The molecule has 0 amide bonds. The normalized spacial score (nSPS) is 13.6. The maximum Gasteiger partial charge on any atom is 0.137 e. The second kappa shape index (κ2) is 8.57. The molecule has 0 radical (unpaired) electrons. The van der Waals surface area contributed by atoms with Crippen LogP contribution in [0.1, 0.15) is 50.2 Å². The van der Waals surface area contributed by atoms with Crippen LogP contribution in [0, 0.1) is 11.3 Å². The molecule has 0 bridgehead atoms. The fraction of sp³-hybridized carbons (Fsp3) is 0.562. The van der Waals surface area contributed by atoms with Gasteiger partial charge in [0.15, 0.2) is 0 Å². The van der Waals surface area contributed by atoms with Crippen molar-refractivity contribution in [1.29, 1.82) is 5.26 Å². The van der Waals surface area contributed by atoms with Gasteiger partial charge in [0.2, 0.25) is 0 Å². The van der Waals surface area contributed by atoms with E-state index in [0.717, 1.165) is 18.4 Å². The first-order valence-corrected chi connectivity index (χ1v) is 7.08. The Morgan fingerprint density at radius 2 is 2.15 bits per heavy atom. The predicted octanol–water partition coefficient (Wildman–Crippen LogP) is 2.58. The highest BCUT2D eigenvalue weighted by Crippen LogP contribution is 2.27. The molecule has 0 fully saturated rings. The third-order valence-corrected chi connectivity index (χ3v) is 3.33. The van der Waals surface area contributed by atoms with Crippen LogP contribution in [0.25, 0.3) is 0 Å². The van der Waals surface area contributed by atoms with Crippen LogP contribution in [-0.2, 0) is 0 Å². The van der Waals surface area contributed by atoms with Gasteiger partial charge in [-0.3, -0.25) is 0 Å². The van der Waals surface area contributed by atoms with E-state index >= 15 is 0 Å². The Hall–Kier alpha value is -1.57. The summed E-state index contributed by atoms with van der Waals surface area (Å²) in [6.07, 6.45) is 2.51. The first-order valence-electron chi connectivity index (χ1n) is 7.08. The van der Waals surface area contributed by atoms with Crippen molar-refractivity contribution in [2.75, 3.05) is 13.2 Å². The van der Waals surface area contributed by atoms with Gasteiger partial charge in [-0.1, -0.05) is 32.8 Å². The number of rotatable bonds is 8. The van der Waals surface area contributed by atoms with Crippen molar-refractivity contribution in [3.8, 4) is 11.8 Å². The summed E-state index contributed by atoms with van der Waals surface area (Å²) in [6, 6.07) is 7.69. The number of ether oxygens (including phenoxy) is 1. The summed E-state index contributed by atoms with van der Waals surface area (Å²) in [6.45, 7) is 3.95. The largest absolute Gasteiger partial charge is 0.489 e. The first-order chi connectivity index (χ1) is 9.62. The average molecular weight is 277 g/mol. The zero-order valence-electron chi connectivity index (χ0n) is 12.2. The van der Waals surface area contributed by atoms with E-state index in [1.165, 1.54) is 6.42 Å². The van der Waals surface area contributed by atoms with E-state index in [1.807, 2.05) is 12.1 Å². The van der Waals surface area contributed by atoms with Crippen LogP contribution in [0.15, 0.2) is 18.2 Å². The minimum Gasteiger partial charge on any atom is -0.489 e. The van der Waals surface area contributed by atoms with Gasteiger partial charge in [0.1, 0.15) is 24.5 Å². The summed E-state index contributed by atoms with van der Waals surface area (Å²) in [5, 5.41) is 27.2. The summed E-state index contributed by atoms with van der Waals surface area (Å²) in [5.41, 5.74) is 1.60. The number of benzene rings is 1. The Balaban J connectivity index is 2.77. The molecule has 2 atom stereocenters. The van der Waals surface area contributed by atoms with Crippen LogP contribution in [0.5, 0.6) is 5.75 Å². The molecule has 20 heavy (non-hydrogen) atoms. The van der Waals surface area contributed by atoms with Crippen LogP contribution in [-0.4, -0.2) is 29.5 Å². The number of aliphatic hydroxyl groups is 2. The van der Waals surface area contributed by atoms with Gasteiger partial charge < -0.3 is 14.9 Å². The molecule has 0 aromatic heterocycles. The molecule has 2 N–H and O–H groups in total. The first kappa shape index (κ1) is 16.5. The third kappa shape index (κ3) is 4.84. The Morgan fingerprint density at radius 3 is 2.75 bits per heavy atom. The fourth-order valence-corrected chi connectivity index (χ4v) is 1.98. The van der Waals surface area contributed by atoms with Crippen LogP contribution < -0.4 is 4.74 Å². The van der Waals surface area contributed by atoms with Crippen LogP contribution in [0.3, 0.4) is 0 Å². The zero-order chi connectivity index (χ0) is 15.0. The Bertz CT molecular complexity index is 454. The van der Waals surface area contributed by atoms with Crippen molar-refractivity contribution >= 4 is 0 Å². The molecule has 0 spiro atoms. The van der Waals surface area contributed by atoms with E-state index in [4.69, 9.17) is 9.84 Å². The minimum absolute atomic E-state index is 0.0179. The Labute approximate surface area is 120 Å². The minimum atomic E-state index is -0.926. The average Bonchev–Trinajstić information content (AvgIpc) is 2.49. The Morgan fingerprint density at radius 1 is 1.40 bits per heavy atom. The van der Waals surface area contributed by atoms with Gasteiger partial charge in [0.25, 0.3) is 0 Å². The number of hydrogen-bond donors (Lipinski definition) is 2. The van der Waals surface area contributed by atoms with Crippen molar-refractivity contribution < 1.29 is 14.9 Å². The molecule has 1 aromatic rings. The summed E-state index contributed by atoms with van der Waals surface area (Å²) in [4.78, 5) is 0. The highest BCUT2D eigenvalue weighted by atomic mass is 16.5. The molecule has 110 valence electrons. The second-order valence-corrected chi connectivity index (χ2v) is 5.06. The maximum absolute atomic E-state index is 9.26. The molecule has 0 aliphatic heterocycles. The van der Waals surface area contributed by atoms with Crippen molar-refractivity contribution in [2.24, 2.45) is 0 Å². The van der Waals surface area contributed by atoms with E-state index in [2.05, 4.69) is 19.9 Å². The van der Waals surface area contributed by atoms with Gasteiger partial charge in [-0.05, 0) is 30.0 Å². The van der Waals surface area contributed by atoms with Crippen LogP contribution in [0.2, 0.25) is 0 Å². The molecule has 0 saturated carbocycles. The molecule has 1 aromatic carbocycles. The molecule has 1 rings (SSSR count). The van der Waals surface area contributed by atoms with Crippen LogP contribution in [0.4, 0.5) is 0 Å². The van der Waals surface area contributed by atoms with Gasteiger partial charge >= 0.3 is 0 Å². The highest BCUT2D eigenvalue weighted by Gasteiger charge is 2.11. The molecule has 2 unspecified atom stereocenters. The van der Waals surface area contributed by atoms with Gasteiger partial charge in [-0.15, -0.1) is 0 Å². The zero-order valence-corrected chi connectivity index (χ0v) is 12.2. The van der Waals surface area contributed by atoms with Gasteiger partial charge in [-0.2, -0.15) is 5.26 Å². The molecule has 0 aliphatic carbocycles. The third-order valence-electron chi connectivity index (χ3n) is 3.33. The number of aliphatic hydroxyl groups excluding tert-OH is 2. The summed E-state index contributed by atoms with van der Waals surface area (Å²) >= 11 is 0. The topological polar surface area (TPSA) is 73.5 Å². The summed E-state index contributed by atoms with van der Waals surface area (Å²) in [5.74, 6) is 0.866. The van der Waals surface area contributed by atoms with E-state index in [0.29, 0.717) is 17.2 Å². The second-order valence-electron chi connectivity index (χ2n) is 5.06. The Kier molecular flexibility index (Phi) is 7.06. The van der Waals surface area contributed by atoms with Gasteiger partial charge in [-0.25, -0.2) is 0 Å². The molecule has 0 saturated heterocycles. The number of unbranched alkanes of at least 4 members (excludes halogenated alkanes) is 1. The molecular formula is C16H23NO3. The predicted molar refractivity (Wildman–Crippen MR) is 77.7 cm³/mol. The van der Waals surface area contributed by atoms with Crippen molar-refractivity contribution in [3.63, 3.8) is 0 Å². The standard InChI is InChI=1S/C16H23NO3/c1-3-4-5-12(2)13-6-7-16(14(8-13)9-17)20-11-15(19)10-18/h6-8,12,15,18-19H,3-5,10-11H2,1-2H3. The monoisotopic (exact) mass is 277 g/mol. The lowest BCUT2D eigenvalue weighted by molar-refractivity contribution is 0.0535. The van der Waals surface area contributed by atoms with Gasteiger partial charge in [0.05, 0.1) is 12.2 Å². The van der Waals surface area contributed by atoms with Crippen molar-refractivity contribution in [1.82, 2.24) is 0 Å². The van der Waals surface area contributed by atoms with Crippen molar-refractivity contribution in [3.05, 3.63) is 29.3 Å². The lowest BCUT2D eigenvalue weighted by atomic mass is 9.94. The maximum atomic E-state index is 9.26. The molecule has 4 nitrogen and oxygen atoms in total. The molecule has 0 heterocycles. The lowest BCUT2D eigenvalue weighted by Gasteiger charge is -2.15.